The Morgan fingerprint density at radius 3 is 2.52 bits per heavy atom. The lowest BCUT2D eigenvalue weighted by Crippen LogP contribution is -2.44. The summed E-state index contributed by atoms with van der Waals surface area (Å²) in [5, 5.41) is 3.29. The van der Waals surface area contributed by atoms with Gasteiger partial charge in [-0.25, -0.2) is 8.42 Å². The van der Waals surface area contributed by atoms with E-state index >= 15 is 0 Å². The Morgan fingerprint density at radius 1 is 1.12 bits per heavy atom. The van der Waals surface area contributed by atoms with Gasteiger partial charge in [-0.2, -0.15) is 0 Å². The van der Waals surface area contributed by atoms with Crippen LogP contribution in [0.4, 0.5) is 11.4 Å². The van der Waals surface area contributed by atoms with Gasteiger partial charge in [-0.3, -0.25) is 4.31 Å². The first-order chi connectivity index (χ1) is 12.1. The number of rotatable bonds is 5. The monoisotopic (exact) mass is 356 g/mol. The van der Waals surface area contributed by atoms with Crippen LogP contribution < -0.4 is 9.62 Å². The van der Waals surface area contributed by atoms with Gasteiger partial charge in [0, 0.05) is 18.3 Å². The maximum atomic E-state index is 13.4. The highest BCUT2D eigenvalue weighted by molar-refractivity contribution is 7.92. The van der Waals surface area contributed by atoms with E-state index in [1.807, 2.05) is 36.4 Å². The van der Waals surface area contributed by atoms with Gasteiger partial charge in [-0.1, -0.05) is 19.1 Å². The molecule has 2 aromatic carbocycles. The number of aryl methyl sites for hydroxylation is 1. The number of nitrogens with zero attached hydrogens (tertiary/aromatic N) is 1. The molecule has 2 aliphatic rings. The molecule has 132 valence electrons. The van der Waals surface area contributed by atoms with Crippen LogP contribution in [0.1, 0.15) is 37.3 Å². The summed E-state index contributed by atoms with van der Waals surface area (Å²) in [5.41, 5.74) is 4.15. The van der Waals surface area contributed by atoms with Crippen molar-refractivity contribution in [2.45, 2.75) is 50.0 Å². The molecule has 0 aromatic heterocycles. The van der Waals surface area contributed by atoms with E-state index in [1.54, 1.807) is 10.4 Å². The smallest absolute Gasteiger partial charge is 0.264 e. The molecule has 5 heteroatoms. The number of nitrogens with one attached hydrogen (secondary N) is 1. The summed E-state index contributed by atoms with van der Waals surface area (Å²) in [6.45, 7) is 2.98. The molecule has 0 radical (unpaired) electrons. The van der Waals surface area contributed by atoms with Crippen LogP contribution >= 0.6 is 0 Å². The van der Waals surface area contributed by atoms with Crippen LogP contribution in [0.3, 0.4) is 0 Å². The quantitative estimate of drug-likeness (QED) is 0.882. The first kappa shape index (κ1) is 16.5. The Morgan fingerprint density at radius 2 is 1.88 bits per heavy atom. The first-order valence-electron chi connectivity index (χ1n) is 9.10. The van der Waals surface area contributed by atoms with Crippen LogP contribution in [0, 0.1) is 0 Å². The zero-order valence-electron chi connectivity index (χ0n) is 14.5. The zero-order valence-corrected chi connectivity index (χ0v) is 15.3. The molecular formula is C20H24N2O2S. The standard InChI is InChI=1S/C20H24N2O2S/c1-2-15-6-8-18(9-7-15)22(17-4-3-5-17)25(23,24)19-10-11-20-16(14-19)12-13-21-20/h6-11,14,17,21H,2-5,12-13H2,1H3. The number of sulfonamides is 1. The molecule has 0 atom stereocenters. The van der Waals surface area contributed by atoms with Crippen LogP contribution in [0.2, 0.25) is 0 Å². The molecule has 4 rings (SSSR count). The normalized spacial score (nSPS) is 16.8. The van der Waals surface area contributed by atoms with Crippen molar-refractivity contribution in [1.29, 1.82) is 0 Å². The highest BCUT2D eigenvalue weighted by Gasteiger charge is 2.35. The largest absolute Gasteiger partial charge is 0.384 e. The Balaban J connectivity index is 1.75. The van der Waals surface area contributed by atoms with E-state index in [-0.39, 0.29) is 6.04 Å². The molecule has 4 nitrogen and oxygen atoms in total. The van der Waals surface area contributed by atoms with Crippen molar-refractivity contribution in [2.24, 2.45) is 0 Å². The molecule has 1 fully saturated rings. The van der Waals surface area contributed by atoms with Gasteiger partial charge < -0.3 is 5.32 Å². The SMILES string of the molecule is CCc1ccc(N(C2CCC2)S(=O)(=O)c2ccc3c(c2)CCN3)cc1. The van der Waals surface area contributed by atoms with Gasteiger partial charge in [0.15, 0.2) is 0 Å². The second kappa shape index (κ2) is 6.37. The van der Waals surface area contributed by atoms with Crippen molar-refractivity contribution in [2.75, 3.05) is 16.2 Å². The van der Waals surface area contributed by atoms with Gasteiger partial charge in [-0.15, -0.1) is 0 Å². The summed E-state index contributed by atoms with van der Waals surface area (Å²) in [4.78, 5) is 0.404. The van der Waals surface area contributed by atoms with E-state index in [0.717, 1.165) is 55.6 Å². The van der Waals surface area contributed by atoms with Crippen molar-refractivity contribution < 1.29 is 8.42 Å². The fourth-order valence-electron chi connectivity index (χ4n) is 3.60. The van der Waals surface area contributed by atoms with E-state index < -0.39 is 10.0 Å². The van der Waals surface area contributed by atoms with Gasteiger partial charge in [0.1, 0.15) is 0 Å². The van der Waals surface area contributed by atoms with Crippen molar-refractivity contribution in [3.8, 4) is 0 Å². The first-order valence-corrected chi connectivity index (χ1v) is 10.5. The minimum Gasteiger partial charge on any atom is -0.384 e. The Labute approximate surface area is 149 Å². The third-order valence-electron chi connectivity index (χ3n) is 5.35. The van der Waals surface area contributed by atoms with E-state index in [0.29, 0.717) is 4.90 Å². The molecular weight excluding hydrogens is 332 g/mol. The van der Waals surface area contributed by atoms with Gasteiger partial charge >= 0.3 is 0 Å². The third kappa shape index (κ3) is 2.91. The average molecular weight is 356 g/mol. The highest BCUT2D eigenvalue weighted by atomic mass is 32.2. The summed E-state index contributed by atoms with van der Waals surface area (Å²) in [7, 11) is -3.55. The molecule has 0 spiro atoms. The molecule has 25 heavy (non-hydrogen) atoms. The fourth-order valence-corrected chi connectivity index (χ4v) is 5.36. The number of hydrogen-bond donors (Lipinski definition) is 1. The van der Waals surface area contributed by atoms with E-state index in [9.17, 15) is 8.42 Å². The molecule has 2 aromatic rings. The Hall–Kier alpha value is -2.01. The molecule has 0 saturated heterocycles. The average Bonchev–Trinajstić information content (AvgIpc) is 3.05. The van der Waals surface area contributed by atoms with Gasteiger partial charge in [-0.05, 0) is 73.6 Å². The highest BCUT2D eigenvalue weighted by Crippen LogP contribution is 2.36. The maximum absolute atomic E-state index is 13.4. The second-order valence-electron chi connectivity index (χ2n) is 6.90. The predicted octanol–water partition coefficient (Wildman–Crippen LogP) is 3.96. The molecule has 0 bridgehead atoms. The minimum atomic E-state index is -3.55. The second-order valence-corrected chi connectivity index (χ2v) is 8.72. The van der Waals surface area contributed by atoms with Crippen LogP contribution in [0.15, 0.2) is 47.4 Å². The van der Waals surface area contributed by atoms with Crippen molar-refractivity contribution >= 4 is 21.4 Å². The van der Waals surface area contributed by atoms with Crippen LogP contribution in [0.25, 0.3) is 0 Å². The molecule has 0 amide bonds. The van der Waals surface area contributed by atoms with E-state index in [1.165, 1.54) is 5.56 Å². The molecule has 1 aliphatic heterocycles. The van der Waals surface area contributed by atoms with Gasteiger partial charge in [0.2, 0.25) is 0 Å². The van der Waals surface area contributed by atoms with Crippen LogP contribution in [0.5, 0.6) is 0 Å². The summed E-state index contributed by atoms with van der Waals surface area (Å²) < 4.78 is 28.5. The van der Waals surface area contributed by atoms with E-state index in [4.69, 9.17) is 0 Å². The van der Waals surface area contributed by atoms with Crippen molar-refractivity contribution in [3.63, 3.8) is 0 Å². The fraction of sp³-hybridized carbons (Fsp3) is 0.400. The van der Waals surface area contributed by atoms with Crippen LogP contribution in [-0.2, 0) is 22.9 Å². The molecule has 0 unspecified atom stereocenters. The number of fused-ring (bicyclic) bond motifs is 1. The van der Waals surface area contributed by atoms with Crippen LogP contribution in [-0.4, -0.2) is 21.0 Å². The van der Waals surface area contributed by atoms with Crippen molar-refractivity contribution in [1.82, 2.24) is 0 Å². The molecule has 1 saturated carbocycles. The maximum Gasteiger partial charge on any atom is 0.264 e. The minimum absolute atomic E-state index is 0.0730. The Bertz CT molecular complexity index is 871. The number of benzene rings is 2. The number of hydrogen-bond acceptors (Lipinski definition) is 3. The lowest BCUT2D eigenvalue weighted by atomic mass is 9.93. The molecule has 1 aliphatic carbocycles. The summed E-state index contributed by atoms with van der Waals surface area (Å²) >= 11 is 0. The van der Waals surface area contributed by atoms with E-state index in [2.05, 4.69) is 12.2 Å². The third-order valence-corrected chi connectivity index (χ3v) is 7.23. The Kier molecular flexibility index (Phi) is 4.20. The van der Waals surface area contributed by atoms with Gasteiger partial charge in [0.05, 0.1) is 10.6 Å². The van der Waals surface area contributed by atoms with Crippen molar-refractivity contribution in [3.05, 3.63) is 53.6 Å². The summed E-state index contributed by atoms with van der Waals surface area (Å²) in [6, 6.07) is 13.5. The molecule has 1 N–H and O–H groups in total. The predicted molar refractivity (Wildman–Crippen MR) is 102 cm³/mol. The lowest BCUT2D eigenvalue weighted by Gasteiger charge is -2.38. The molecule has 1 heterocycles. The topological polar surface area (TPSA) is 49.4 Å². The zero-order chi connectivity index (χ0) is 17.4. The van der Waals surface area contributed by atoms with Gasteiger partial charge in [0.25, 0.3) is 10.0 Å². The summed E-state index contributed by atoms with van der Waals surface area (Å²) in [5.74, 6) is 0. The lowest BCUT2D eigenvalue weighted by molar-refractivity contribution is 0.415. The number of anilines is 2. The summed E-state index contributed by atoms with van der Waals surface area (Å²) in [6.07, 6.45) is 4.79.